The average Bonchev–Trinajstić information content (AvgIpc) is 2.96. The van der Waals surface area contributed by atoms with E-state index in [4.69, 9.17) is 10.3 Å². The van der Waals surface area contributed by atoms with Crippen molar-refractivity contribution in [3.63, 3.8) is 0 Å². The van der Waals surface area contributed by atoms with E-state index in [-0.39, 0.29) is 0 Å². The molecule has 4 heteroatoms. The zero-order valence-electron chi connectivity index (χ0n) is 9.98. The molecule has 2 rings (SSSR count). The minimum atomic E-state index is 0.457. The first kappa shape index (κ1) is 11.6. The van der Waals surface area contributed by atoms with Gasteiger partial charge in [-0.1, -0.05) is 24.9 Å². The second-order valence-electron chi connectivity index (χ2n) is 4.49. The number of nitrogens with zero attached hydrogens (tertiary/aromatic N) is 2. The van der Waals surface area contributed by atoms with Gasteiger partial charge >= 0.3 is 0 Å². The monoisotopic (exact) mass is 223 g/mol. The van der Waals surface area contributed by atoms with Gasteiger partial charge in [-0.15, -0.1) is 0 Å². The molecule has 0 unspecified atom stereocenters. The molecule has 0 radical (unpaired) electrons. The molecule has 4 nitrogen and oxygen atoms in total. The number of rotatable bonds is 5. The maximum atomic E-state index is 5.51. The van der Waals surface area contributed by atoms with Crippen LogP contribution in [-0.4, -0.2) is 22.6 Å². The predicted octanol–water partition coefficient (Wildman–Crippen LogP) is 1.90. The minimum Gasteiger partial charge on any atom is -0.360 e. The largest absolute Gasteiger partial charge is 0.360 e. The molecule has 2 N–H and O–H groups in total. The standard InChI is InChI=1S/C12H21N3O/c1-2-15(11-5-3-4-6-11)9-12-7-10(8-13)14-16-12/h7,11H,2-6,8-9,13H2,1H3. The van der Waals surface area contributed by atoms with Crippen molar-refractivity contribution in [3.05, 3.63) is 17.5 Å². The summed E-state index contributed by atoms with van der Waals surface area (Å²) in [5, 5.41) is 3.92. The summed E-state index contributed by atoms with van der Waals surface area (Å²) >= 11 is 0. The van der Waals surface area contributed by atoms with Crippen LogP contribution in [0, 0.1) is 0 Å². The molecule has 0 bridgehead atoms. The van der Waals surface area contributed by atoms with Crippen LogP contribution in [0.4, 0.5) is 0 Å². The van der Waals surface area contributed by atoms with Gasteiger partial charge in [-0.25, -0.2) is 0 Å². The first-order chi connectivity index (χ1) is 7.83. The predicted molar refractivity (Wildman–Crippen MR) is 62.7 cm³/mol. The molecule has 1 fully saturated rings. The lowest BCUT2D eigenvalue weighted by Crippen LogP contribution is -2.32. The molecular formula is C12H21N3O. The Morgan fingerprint density at radius 2 is 2.25 bits per heavy atom. The SMILES string of the molecule is CCN(Cc1cc(CN)no1)C1CCCC1. The fourth-order valence-corrected chi connectivity index (χ4v) is 2.50. The maximum Gasteiger partial charge on any atom is 0.151 e. The first-order valence-electron chi connectivity index (χ1n) is 6.22. The molecule has 1 heterocycles. The van der Waals surface area contributed by atoms with Gasteiger partial charge in [0.05, 0.1) is 12.2 Å². The van der Waals surface area contributed by atoms with Crippen molar-refractivity contribution in [2.45, 2.75) is 51.7 Å². The molecule has 0 aromatic carbocycles. The van der Waals surface area contributed by atoms with Crippen molar-refractivity contribution in [1.29, 1.82) is 0 Å². The normalized spacial score (nSPS) is 17.4. The highest BCUT2D eigenvalue weighted by Gasteiger charge is 2.22. The van der Waals surface area contributed by atoms with Crippen LogP contribution in [0.5, 0.6) is 0 Å². The number of nitrogens with two attached hydrogens (primary N) is 1. The molecule has 1 aliphatic rings. The van der Waals surface area contributed by atoms with E-state index in [2.05, 4.69) is 17.0 Å². The van der Waals surface area contributed by atoms with Gasteiger partial charge in [0.1, 0.15) is 0 Å². The molecule has 1 aromatic heterocycles. The van der Waals surface area contributed by atoms with Crippen molar-refractivity contribution in [3.8, 4) is 0 Å². The smallest absolute Gasteiger partial charge is 0.151 e. The molecule has 1 aromatic rings. The highest BCUT2D eigenvalue weighted by Crippen LogP contribution is 2.24. The van der Waals surface area contributed by atoms with Crippen molar-refractivity contribution < 1.29 is 4.52 Å². The van der Waals surface area contributed by atoms with Gasteiger partial charge in [0, 0.05) is 18.7 Å². The van der Waals surface area contributed by atoms with Crippen molar-refractivity contribution in [1.82, 2.24) is 10.1 Å². The summed E-state index contributed by atoms with van der Waals surface area (Å²) < 4.78 is 5.28. The molecule has 16 heavy (non-hydrogen) atoms. The molecule has 1 aliphatic carbocycles. The molecule has 0 amide bonds. The Labute approximate surface area is 96.8 Å². The Hall–Kier alpha value is -0.870. The molecular weight excluding hydrogens is 202 g/mol. The Bertz CT molecular complexity index is 318. The topological polar surface area (TPSA) is 55.3 Å². The van der Waals surface area contributed by atoms with Crippen LogP contribution in [0.1, 0.15) is 44.1 Å². The fraction of sp³-hybridized carbons (Fsp3) is 0.750. The van der Waals surface area contributed by atoms with E-state index in [1.807, 2.05) is 6.07 Å². The summed E-state index contributed by atoms with van der Waals surface area (Å²) in [6.07, 6.45) is 5.38. The third kappa shape index (κ3) is 2.62. The van der Waals surface area contributed by atoms with Gasteiger partial charge in [-0.2, -0.15) is 0 Å². The Balaban J connectivity index is 1.94. The molecule has 0 atom stereocenters. The average molecular weight is 223 g/mol. The van der Waals surface area contributed by atoms with Crippen LogP contribution in [0.15, 0.2) is 10.6 Å². The lowest BCUT2D eigenvalue weighted by atomic mass is 10.2. The summed E-state index contributed by atoms with van der Waals surface area (Å²) in [6, 6.07) is 2.70. The lowest BCUT2D eigenvalue weighted by Gasteiger charge is -2.25. The summed E-state index contributed by atoms with van der Waals surface area (Å²) in [5.74, 6) is 0.939. The van der Waals surface area contributed by atoms with Crippen LogP contribution >= 0.6 is 0 Å². The van der Waals surface area contributed by atoms with E-state index in [9.17, 15) is 0 Å². The quantitative estimate of drug-likeness (QED) is 0.828. The van der Waals surface area contributed by atoms with Crippen molar-refractivity contribution in [2.24, 2.45) is 5.73 Å². The summed E-state index contributed by atoms with van der Waals surface area (Å²) in [5.41, 5.74) is 6.36. The first-order valence-corrected chi connectivity index (χ1v) is 6.22. The van der Waals surface area contributed by atoms with Crippen LogP contribution in [0.2, 0.25) is 0 Å². The second-order valence-corrected chi connectivity index (χ2v) is 4.49. The van der Waals surface area contributed by atoms with Crippen LogP contribution in [-0.2, 0) is 13.1 Å². The van der Waals surface area contributed by atoms with Crippen molar-refractivity contribution >= 4 is 0 Å². The van der Waals surface area contributed by atoms with Gasteiger partial charge in [0.2, 0.25) is 0 Å². The Kier molecular flexibility index (Phi) is 3.96. The summed E-state index contributed by atoms with van der Waals surface area (Å²) in [6.45, 7) is 4.61. The third-order valence-corrected chi connectivity index (χ3v) is 3.42. The molecule has 1 saturated carbocycles. The number of aromatic nitrogens is 1. The minimum absolute atomic E-state index is 0.457. The lowest BCUT2D eigenvalue weighted by molar-refractivity contribution is 0.178. The van der Waals surface area contributed by atoms with E-state index in [1.165, 1.54) is 25.7 Å². The van der Waals surface area contributed by atoms with Gasteiger partial charge in [-0.05, 0) is 19.4 Å². The molecule has 0 saturated heterocycles. The van der Waals surface area contributed by atoms with Crippen LogP contribution in [0.3, 0.4) is 0 Å². The van der Waals surface area contributed by atoms with E-state index >= 15 is 0 Å². The second kappa shape index (κ2) is 5.46. The third-order valence-electron chi connectivity index (χ3n) is 3.42. The van der Waals surface area contributed by atoms with Crippen LogP contribution in [0.25, 0.3) is 0 Å². The zero-order valence-corrected chi connectivity index (χ0v) is 9.98. The fourth-order valence-electron chi connectivity index (χ4n) is 2.50. The molecule has 90 valence electrons. The number of hydrogen-bond donors (Lipinski definition) is 1. The van der Waals surface area contributed by atoms with Gasteiger partial charge < -0.3 is 10.3 Å². The summed E-state index contributed by atoms with van der Waals surface area (Å²) in [7, 11) is 0. The van der Waals surface area contributed by atoms with E-state index in [0.29, 0.717) is 6.54 Å². The maximum absolute atomic E-state index is 5.51. The Morgan fingerprint density at radius 1 is 1.50 bits per heavy atom. The van der Waals surface area contributed by atoms with E-state index < -0.39 is 0 Å². The number of hydrogen-bond acceptors (Lipinski definition) is 4. The Morgan fingerprint density at radius 3 is 2.81 bits per heavy atom. The van der Waals surface area contributed by atoms with Crippen LogP contribution < -0.4 is 5.73 Å². The highest BCUT2D eigenvalue weighted by atomic mass is 16.5. The molecule has 0 spiro atoms. The van der Waals surface area contributed by atoms with E-state index in [1.54, 1.807) is 0 Å². The highest BCUT2D eigenvalue weighted by molar-refractivity contribution is 5.05. The van der Waals surface area contributed by atoms with Crippen molar-refractivity contribution in [2.75, 3.05) is 6.54 Å². The summed E-state index contributed by atoms with van der Waals surface area (Å²) in [4.78, 5) is 2.48. The molecule has 0 aliphatic heterocycles. The van der Waals surface area contributed by atoms with Gasteiger partial charge in [-0.3, -0.25) is 4.90 Å². The van der Waals surface area contributed by atoms with E-state index in [0.717, 1.165) is 30.6 Å². The zero-order chi connectivity index (χ0) is 11.4. The van der Waals surface area contributed by atoms with Gasteiger partial charge in [0.25, 0.3) is 0 Å². The van der Waals surface area contributed by atoms with Gasteiger partial charge in [0.15, 0.2) is 5.76 Å².